The molecule has 0 radical (unpaired) electrons. The molecular weight excluding hydrogens is 322 g/mol. The third-order valence-corrected chi connectivity index (χ3v) is 3.03. The first-order valence-electron chi connectivity index (χ1n) is 7.24. The van der Waals surface area contributed by atoms with Gasteiger partial charge in [0.1, 0.15) is 0 Å². The number of aromatic nitrogens is 2. The Labute approximate surface area is 136 Å². The second kappa shape index (κ2) is 7.62. The number of benzene rings is 1. The van der Waals surface area contributed by atoms with E-state index in [0.29, 0.717) is 11.7 Å². The molecule has 0 spiro atoms. The molecule has 0 saturated heterocycles. The molecule has 128 valence electrons. The van der Waals surface area contributed by atoms with Crippen LogP contribution >= 0.6 is 0 Å². The number of carbonyl (C=O) groups excluding carboxylic acids is 2. The Balaban J connectivity index is 1.83. The van der Waals surface area contributed by atoms with Gasteiger partial charge in [-0.1, -0.05) is 25.1 Å². The Hall–Kier alpha value is -2.84. The van der Waals surface area contributed by atoms with Crippen LogP contribution in [0, 0.1) is 11.6 Å². The van der Waals surface area contributed by atoms with Gasteiger partial charge in [-0.05, 0) is 12.1 Å². The van der Waals surface area contributed by atoms with E-state index in [1.165, 1.54) is 6.07 Å². The van der Waals surface area contributed by atoms with Crippen molar-refractivity contribution in [2.75, 3.05) is 11.9 Å². The quantitative estimate of drug-likeness (QED) is 0.810. The fourth-order valence-electron chi connectivity index (χ4n) is 1.75. The number of carbonyl (C=O) groups is 2. The van der Waals surface area contributed by atoms with Crippen molar-refractivity contribution in [3.63, 3.8) is 0 Å². The maximum atomic E-state index is 13.4. The van der Waals surface area contributed by atoms with E-state index in [9.17, 15) is 18.4 Å². The molecule has 1 aromatic heterocycles. The Morgan fingerprint density at radius 3 is 2.67 bits per heavy atom. The Bertz CT molecular complexity index is 746. The normalized spacial score (nSPS) is 10.7. The SMILES string of the molecule is CC(C)c1noc(CCNC(=O)C(=O)Nc2cccc(F)c2F)n1. The van der Waals surface area contributed by atoms with E-state index < -0.39 is 29.1 Å². The van der Waals surface area contributed by atoms with Crippen LogP contribution < -0.4 is 10.6 Å². The summed E-state index contributed by atoms with van der Waals surface area (Å²) >= 11 is 0. The van der Waals surface area contributed by atoms with Gasteiger partial charge in [0.25, 0.3) is 0 Å². The highest BCUT2D eigenvalue weighted by Crippen LogP contribution is 2.16. The Morgan fingerprint density at radius 1 is 1.25 bits per heavy atom. The summed E-state index contributed by atoms with van der Waals surface area (Å²) in [5.41, 5.74) is -0.409. The predicted molar refractivity (Wildman–Crippen MR) is 80.1 cm³/mol. The second-order valence-corrected chi connectivity index (χ2v) is 5.26. The molecule has 0 saturated carbocycles. The lowest BCUT2D eigenvalue weighted by atomic mass is 10.2. The van der Waals surface area contributed by atoms with Gasteiger partial charge in [0.05, 0.1) is 5.69 Å². The van der Waals surface area contributed by atoms with Crippen LogP contribution in [0.25, 0.3) is 0 Å². The van der Waals surface area contributed by atoms with E-state index in [-0.39, 0.29) is 18.9 Å². The fourth-order valence-corrected chi connectivity index (χ4v) is 1.75. The number of hydrogen-bond acceptors (Lipinski definition) is 5. The Kier molecular flexibility index (Phi) is 5.56. The highest BCUT2D eigenvalue weighted by atomic mass is 19.2. The molecule has 0 aliphatic rings. The molecule has 24 heavy (non-hydrogen) atoms. The molecule has 0 aliphatic heterocycles. The molecule has 1 heterocycles. The van der Waals surface area contributed by atoms with Crippen LogP contribution in [0.15, 0.2) is 22.7 Å². The maximum Gasteiger partial charge on any atom is 0.313 e. The van der Waals surface area contributed by atoms with Crippen LogP contribution in [0.5, 0.6) is 0 Å². The molecular formula is C15H16F2N4O3. The molecule has 0 atom stereocenters. The lowest BCUT2D eigenvalue weighted by Gasteiger charge is -2.06. The van der Waals surface area contributed by atoms with Gasteiger partial charge in [0, 0.05) is 18.9 Å². The number of rotatable bonds is 5. The Morgan fingerprint density at radius 2 is 2.00 bits per heavy atom. The van der Waals surface area contributed by atoms with E-state index >= 15 is 0 Å². The van der Waals surface area contributed by atoms with Gasteiger partial charge in [-0.3, -0.25) is 9.59 Å². The van der Waals surface area contributed by atoms with Gasteiger partial charge in [-0.2, -0.15) is 4.98 Å². The molecule has 9 heteroatoms. The molecule has 0 unspecified atom stereocenters. The van der Waals surface area contributed by atoms with E-state index in [1.807, 2.05) is 19.2 Å². The summed E-state index contributed by atoms with van der Waals surface area (Å²) in [5, 5.41) is 8.10. The summed E-state index contributed by atoms with van der Waals surface area (Å²) in [5.74, 6) is -3.44. The zero-order valence-electron chi connectivity index (χ0n) is 13.1. The maximum absolute atomic E-state index is 13.4. The summed E-state index contributed by atoms with van der Waals surface area (Å²) < 4.78 is 31.4. The van der Waals surface area contributed by atoms with Gasteiger partial charge < -0.3 is 15.2 Å². The van der Waals surface area contributed by atoms with E-state index in [0.717, 1.165) is 12.1 Å². The largest absolute Gasteiger partial charge is 0.347 e. The number of nitrogens with one attached hydrogen (secondary N) is 2. The van der Waals surface area contributed by atoms with Crippen LogP contribution in [0.4, 0.5) is 14.5 Å². The summed E-state index contributed by atoms with van der Waals surface area (Å²) in [7, 11) is 0. The first-order chi connectivity index (χ1) is 11.4. The summed E-state index contributed by atoms with van der Waals surface area (Å²) in [6.07, 6.45) is 0.243. The average molecular weight is 338 g/mol. The molecule has 2 aromatic rings. The highest BCUT2D eigenvalue weighted by Gasteiger charge is 2.17. The molecule has 0 bridgehead atoms. The summed E-state index contributed by atoms with van der Waals surface area (Å²) in [6, 6.07) is 3.27. The smallest absolute Gasteiger partial charge is 0.313 e. The summed E-state index contributed by atoms with van der Waals surface area (Å²) in [4.78, 5) is 27.4. The van der Waals surface area contributed by atoms with Crippen molar-refractivity contribution in [3.8, 4) is 0 Å². The van der Waals surface area contributed by atoms with Crippen LogP contribution in [-0.2, 0) is 16.0 Å². The predicted octanol–water partition coefficient (Wildman–Crippen LogP) is 1.77. The van der Waals surface area contributed by atoms with Crippen molar-refractivity contribution in [2.24, 2.45) is 0 Å². The van der Waals surface area contributed by atoms with Gasteiger partial charge >= 0.3 is 11.8 Å². The number of nitrogens with zero attached hydrogens (tertiary/aromatic N) is 2. The molecule has 7 nitrogen and oxygen atoms in total. The molecule has 2 rings (SSSR count). The molecule has 0 aliphatic carbocycles. The zero-order chi connectivity index (χ0) is 17.7. The fraction of sp³-hybridized carbons (Fsp3) is 0.333. The first kappa shape index (κ1) is 17.5. The topological polar surface area (TPSA) is 97.1 Å². The number of hydrogen-bond donors (Lipinski definition) is 2. The highest BCUT2D eigenvalue weighted by molar-refractivity contribution is 6.39. The number of anilines is 1. The van der Waals surface area contributed by atoms with Crippen molar-refractivity contribution < 1.29 is 22.9 Å². The van der Waals surface area contributed by atoms with Crippen molar-refractivity contribution in [1.29, 1.82) is 0 Å². The van der Waals surface area contributed by atoms with Gasteiger partial charge in [-0.25, -0.2) is 8.78 Å². The van der Waals surface area contributed by atoms with Crippen molar-refractivity contribution in [1.82, 2.24) is 15.5 Å². The van der Waals surface area contributed by atoms with Crippen molar-refractivity contribution >= 4 is 17.5 Å². The minimum Gasteiger partial charge on any atom is -0.347 e. The average Bonchev–Trinajstić information content (AvgIpc) is 3.01. The first-order valence-corrected chi connectivity index (χ1v) is 7.24. The van der Waals surface area contributed by atoms with Crippen LogP contribution in [0.3, 0.4) is 0 Å². The van der Waals surface area contributed by atoms with Crippen molar-refractivity contribution in [3.05, 3.63) is 41.5 Å². The molecule has 0 fully saturated rings. The number of halogens is 2. The molecule has 1 aromatic carbocycles. The number of amides is 2. The van der Waals surface area contributed by atoms with Gasteiger partial charge in [0.15, 0.2) is 17.5 Å². The van der Waals surface area contributed by atoms with E-state index in [2.05, 4.69) is 15.5 Å². The lowest BCUT2D eigenvalue weighted by molar-refractivity contribution is -0.136. The van der Waals surface area contributed by atoms with Gasteiger partial charge in [-0.15, -0.1) is 0 Å². The van der Waals surface area contributed by atoms with E-state index in [4.69, 9.17) is 4.52 Å². The van der Waals surface area contributed by atoms with Crippen LogP contribution in [0.1, 0.15) is 31.5 Å². The monoisotopic (exact) mass is 338 g/mol. The third kappa shape index (κ3) is 4.34. The van der Waals surface area contributed by atoms with Crippen molar-refractivity contribution in [2.45, 2.75) is 26.2 Å². The third-order valence-electron chi connectivity index (χ3n) is 3.03. The molecule has 2 N–H and O–H groups in total. The molecule has 2 amide bonds. The summed E-state index contributed by atoms with van der Waals surface area (Å²) in [6.45, 7) is 3.90. The van der Waals surface area contributed by atoms with E-state index in [1.54, 1.807) is 0 Å². The second-order valence-electron chi connectivity index (χ2n) is 5.26. The van der Waals surface area contributed by atoms with Gasteiger partial charge in [0.2, 0.25) is 5.89 Å². The minimum atomic E-state index is -1.23. The minimum absolute atomic E-state index is 0.0810. The lowest BCUT2D eigenvalue weighted by Crippen LogP contribution is -2.36. The zero-order valence-corrected chi connectivity index (χ0v) is 13.1. The van der Waals surface area contributed by atoms with Crippen LogP contribution in [0.2, 0.25) is 0 Å². The standard InChI is InChI=1S/C15H16F2N4O3/c1-8(2)13-20-11(24-21-13)6-7-18-14(22)15(23)19-10-5-3-4-9(16)12(10)17/h3-5,8H,6-7H2,1-2H3,(H,18,22)(H,19,23). The van der Waals surface area contributed by atoms with Crippen LogP contribution in [-0.4, -0.2) is 28.5 Å².